The van der Waals surface area contributed by atoms with Crippen molar-refractivity contribution in [2.75, 3.05) is 21.3 Å². The van der Waals surface area contributed by atoms with Gasteiger partial charge in [0.1, 0.15) is 0 Å². The van der Waals surface area contributed by atoms with Gasteiger partial charge in [-0.3, -0.25) is 0 Å². The van der Waals surface area contributed by atoms with Crippen LogP contribution in [0.25, 0.3) is 22.5 Å². The van der Waals surface area contributed by atoms with E-state index >= 15 is 0 Å². The topological polar surface area (TPSA) is 53.7 Å². The molecule has 1 heterocycles. The van der Waals surface area contributed by atoms with Crippen molar-refractivity contribution >= 4 is 0 Å². The van der Waals surface area contributed by atoms with Crippen LogP contribution < -0.4 is 14.2 Å². The number of nitrogens with zero attached hydrogens (tertiary/aromatic N) is 1. The van der Waals surface area contributed by atoms with Gasteiger partial charge in [-0.15, -0.1) is 0 Å². The number of ether oxygens (including phenoxy) is 3. The summed E-state index contributed by atoms with van der Waals surface area (Å²) < 4.78 is 21.8. The molecule has 130 valence electrons. The summed E-state index contributed by atoms with van der Waals surface area (Å²) in [5.41, 5.74) is 4.05. The number of methoxy groups -OCH3 is 3. The summed E-state index contributed by atoms with van der Waals surface area (Å²) in [5, 5.41) is 3.98. The van der Waals surface area contributed by atoms with Crippen molar-refractivity contribution in [2.24, 2.45) is 0 Å². The fourth-order valence-electron chi connectivity index (χ4n) is 2.79. The number of aryl methyl sites for hydroxylation is 1. The first kappa shape index (κ1) is 16.9. The van der Waals surface area contributed by atoms with Crippen LogP contribution in [-0.4, -0.2) is 26.5 Å². The molecule has 0 fully saturated rings. The zero-order chi connectivity index (χ0) is 17.8. The van der Waals surface area contributed by atoms with Gasteiger partial charge in [-0.1, -0.05) is 36.3 Å². The molecule has 0 N–H and O–H groups in total. The van der Waals surface area contributed by atoms with Crippen LogP contribution >= 0.6 is 0 Å². The molecule has 2 aromatic carbocycles. The number of hydrogen-bond donors (Lipinski definition) is 0. The molecule has 5 nitrogen and oxygen atoms in total. The minimum atomic E-state index is 0.544. The van der Waals surface area contributed by atoms with Gasteiger partial charge >= 0.3 is 0 Å². The molecule has 0 saturated heterocycles. The van der Waals surface area contributed by atoms with Crippen molar-refractivity contribution in [3.05, 3.63) is 48.2 Å². The van der Waals surface area contributed by atoms with Gasteiger partial charge < -0.3 is 18.7 Å². The predicted octanol–water partition coefficient (Wildman–Crippen LogP) is 4.60. The smallest absolute Gasteiger partial charge is 0.203 e. The average molecular weight is 339 g/mol. The molecule has 0 aliphatic heterocycles. The van der Waals surface area contributed by atoms with E-state index in [9.17, 15) is 0 Å². The Kier molecular flexibility index (Phi) is 4.93. The van der Waals surface area contributed by atoms with E-state index in [0.717, 1.165) is 23.1 Å². The summed E-state index contributed by atoms with van der Waals surface area (Å²) in [7, 11) is 4.76. The Hall–Kier alpha value is -2.95. The molecule has 1 aromatic heterocycles. The van der Waals surface area contributed by atoms with Crippen LogP contribution in [0.1, 0.15) is 12.5 Å². The molecule has 25 heavy (non-hydrogen) atoms. The fourth-order valence-corrected chi connectivity index (χ4v) is 2.79. The van der Waals surface area contributed by atoms with E-state index < -0.39 is 0 Å². The molecule has 0 unspecified atom stereocenters. The molecule has 0 amide bonds. The molecule has 0 atom stereocenters. The quantitative estimate of drug-likeness (QED) is 0.657. The first-order valence-electron chi connectivity index (χ1n) is 8.06. The second-order valence-corrected chi connectivity index (χ2v) is 5.53. The average Bonchev–Trinajstić information content (AvgIpc) is 3.16. The largest absolute Gasteiger partial charge is 0.493 e. The lowest BCUT2D eigenvalue weighted by molar-refractivity contribution is 0.324. The SMILES string of the molecule is CCc1ccc(-c2cnoc2-c2cc(OC)c(OC)c(OC)c2)cc1. The first-order valence-corrected chi connectivity index (χ1v) is 8.06. The highest BCUT2D eigenvalue weighted by Crippen LogP contribution is 2.43. The Morgan fingerprint density at radius 3 is 2.04 bits per heavy atom. The van der Waals surface area contributed by atoms with Crippen molar-refractivity contribution in [3.8, 4) is 39.7 Å². The Balaban J connectivity index is 2.10. The lowest BCUT2D eigenvalue weighted by Crippen LogP contribution is -1.95. The minimum Gasteiger partial charge on any atom is -0.493 e. The highest BCUT2D eigenvalue weighted by Gasteiger charge is 2.19. The van der Waals surface area contributed by atoms with Crippen LogP contribution in [0.5, 0.6) is 17.2 Å². The monoisotopic (exact) mass is 339 g/mol. The van der Waals surface area contributed by atoms with Crippen molar-refractivity contribution in [1.29, 1.82) is 0 Å². The van der Waals surface area contributed by atoms with Crippen LogP contribution in [0.2, 0.25) is 0 Å². The first-order chi connectivity index (χ1) is 12.2. The van der Waals surface area contributed by atoms with Gasteiger partial charge in [0.25, 0.3) is 0 Å². The number of aromatic nitrogens is 1. The van der Waals surface area contributed by atoms with E-state index in [1.54, 1.807) is 27.5 Å². The summed E-state index contributed by atoms with van der Waals surface area (Å²) >= 11 is 0. The summed E-state index contributed by atoms with van der Waals surface area (Å²) in [6.45, 7) is 2.13. The maximum absolute atomic E-state index is 5.53. The molecule has 0 aliphatic rings. The van der Waals surface area contributed by atoms with Gasteiger partial charge in [-0.25, -0.2) is 0 Å². The third-order valence-corrected chi connectivity index (χ3v) is 4.17. The lowest BCUT2D eigenvalue weighted by Gasteiger charge is -2.13. The van der Waals surface area contributed by atoms with Crippen LogP contribution in [0, 0.1) is 0 Å². The maximum atomic E-state index is 5.53. The Morgan fingerprint density at radius 1 is 0.880 bits per heavy atom. The Morgan fingerprint density at radius 2 is 1.52 bits per heavy atom. The van der Waals surface area contributed by atoms with Crippen LogP contribution in [0.4, 0.5) is 0 Å². The summed E-state index contributed by atoms with van der Waals surface area (Å²) in [5.74, 6) is 2.34. The van der Waals surface area contributed by atoms with Gasteiger partial charge in [0.05, 0.1) is 27.5 Å². The normalized spacial score (nSPS) is 10.6. The maximum Gasteiger partial charge on any atom is 0.203 e. The second kappa shape index (κ2) is 7.30. The highest BCUT2D eigenvalue weighted by molar-refractivity contribution is 5.81. The van der Waals surface area contributed by atoms with E-state index in [0.29, 0.717) is 23.0 Å². The predicted molar refractivity (Wildman–Crippen MR) is 96.4 cm³/mol. The lowest BCUT2D eigenvalue weighted by atomic mass is 10.0. The van der Waals surface area contributed by atoms with E-state index in [-0.39, 0.29) is 0 Å². The van der Waals surface area contributed by atoms with E-state index in [1.807, 2.05) is 12.1 Å². The van der Waals surface area contributed by atoms with Crippen molar-refractivity contribution in [1.82, 2.24) is 5.16 Å². The van der Waals surface area contributed by atoms with Gasteiger partial charge in [0.2, 0.25) is 5.75 Å². The molecule has 3 aromatic rings. The number of rotatable bonds is 6. The minimum absolute atomic E-state index is 0.544. The molecule has 3 rings (SSSR count). The van der Waals surface area contributed by atoms with Crippen molar-refractivity contribution in [2.45, 2.75) is 13.3 Å². The Labute approximate surface area is 147 Å². The molecular formula is C20H21NO4. The van der Waals surface area contributed by atoms with E-state index in [4.69, 9.17) is 18.7 Å². The van der Waals surface area contributed by atoms with Crippen LogP contribution in [0.15, 0.2) is 47.1 Å². The number of benzene rings is 2. The van der Waals surface area contributed by atoms with Crippen LogP contribution in [-0.2, 0) is 6.42 Å². The fraction of sp³-hybridized carbons (Fsp3) is 0.250. The number of hydrogen-bond acceptors (Lipinski definition) is 5. The summed E-state index contributed by atoms with van der Waals surface area (Å²) in [6, 6.07) is 12.1. The van der Waals surface area contributed by atoms with Gasteiger partial charge in [-0.2, -0.15) is 0 Å². The van der Waals surface area contributed by atoms with Crippen molar-refractivity contribution in [3.63, 3.8) is 0 Å². The molecule has 5 heteroatoms. The molecule has 0 spiro atoms. The zero-order valence-corrected chi connectivity index (χ0v) is 14.8. The second-order valence-electron chi connectivity index (χ2n) is 5.53. The van der Waals surface area contributed by atoms with E-state index in [2.05, 4.69) is 36.3 Å². The molecule has 0 bridgehead atoms. The molecule has 0 saturated carbocycles. The molecule has 0 aliphatic carbocycles. The zero-order valence-electron chi connectivity index (χ0n) is 14.8. The van der Waals surface area contributed by atoms with Gasteiger partial charge in [0, 0.05) is 11.1 Å². The third-order valence-electron chi connectivity index (χ3n) is 4.17. The third kappa shape index (κ3) is 3.18. The van der Waals surface area contributed by atoms with Gasteiger partial charge in [0.15, 0.2) is 17.3 Å². The molecule has 0 radical (unpaired) electrons. The van der Waals surface area contributed by atoms with Crippen LogP contribution in [0.3, 0.4) is 0 Å². The van der Waals surface area contributed by atoms with E-state index in [1.165, 1.54) is 5.56 Å². The standard InChI is InChI=1S/C20H21NO4/c1-5-13-6-8-14(9-7-13)16-12-21-25-19(16)15-10-17(22-2)20(24-4)18(11-15)23-3/h6-12H,5H2,1-4H3. The summed E-state index contributed by atoms with van der Waals surface area (Å²) in [4.78, 5) is 0. The van der Waals surface area contributed by atoms with Crippen molar-refractivity contribution < 1.29 is 18.7 Å². The van der Waals surface area contributed by atoms with Gasteiger partial charge in [-0.05, 0) is 29.7 Å². The Bertz CT molecular complexity index is 827. The summed E-state index contributed by atoms with van der Waals surface area (Å²) in [6.07, 6.45) is 2.73. The highest BCUT2D eigenvalue weighted by atomic mass is 16.5. The molecular weight excluding hydrogens is 318 g/mol.